The van der Waals surface area contributed by atoms with E-state index in [0.29, 0.717) is 11.5 Å². The first-order chi connectivity index (χ1) is 28.4. The lowest BCUT2D eigenvalue weighted by molar-refractivity contribution is -0.133. The van der Waals surface area contributed by atoms with Crippen LogP contribution in [0.1, 0.15) is 104 Å². The zero-order valence-corrected chi connectivity index (χ0v) is 31.3. The molecule has 6 aliphatic rings. The predicted molar refractivity (Wildman–Crippen MR) is 220 cm³/mol. The third kappa shape index (κ3) is 4.08. The van der Waals surface area contributed by atoms with Gasteiger partial charge in [0.1, 0.15) is 11.5 Å². The zero-order chi connectivity index (χ0) is 38.6. The number of ether oxygens (including phenoxy) is 2. The van der Waals surface area contributed by atoms with E-state index in [-0.39, 0.29) is 23.7 Å². The Morgan fingerprint density at radius 2 is 0.603 bits per heavy atom. The van der Waals surface area contributed by atoms with Crippen molar-refractivity contribution in [1.29, 1.82) is 0 Å². The van der Waals surface area contributed by atoms with Crippen molar-refractivity contribution >= 4 is 56.1 Å². The molecule has 6 aliphatic carbocycles. The van der Waals surface area contributed by atoms with E-state index in [1.165, 1.54) is 13.8 Å². The van der Waals surface area contributed by atoms with Gasteiger partial charge in [0.25, 0.3) is 0 Å². The molecular weight excluding hydrogens is 721 g/mol. The number of hydrogen-bond donors (Lipinski definition) is 0. The second kappa shape index (κ2) is 11.2. The molecule has 0 saturated heterocycles. The summed E-state index contributed by atoms with van der Waals surface area (Å²) >= 11 is 0. The summed E-state index contributed by atoms with van der Waals surface area (Å²) in [5.74, 6) is -1.14. The number of hydrogen-bond acceptors (Lipinski definition) is 8. The Kier molecular flexibility index (Phi) is 6.13. The van der Waals surface area contributed by atoms with Gasteiger partial charge in [-0.05, 0) is 93.0 Å². The van der Waals surface area contributed by atoms with Gasteiger partial charge in [-0.1, -0.05) is 72.8 Å². The van der Waals surface area contributed by atoms with Gasteiger partial charge in [0.2, 0.25) is 0 Å². The van der Waals surface area contributed by atoms with Gasteiger partial charge in [0.05, 0.1) is 44.1 Å². The van der Waals surface area contributed by atoms with Crippen LogP contribution in [0.3, 0.4) is 0 Å². The number of fused-ring (bicyclic) bond motifs is 4. The molecule has 9 aromatic rings. The minimum atomic E-state index is -0.416. The van der Waals surface area contributed by atoms with E-state index in [9.17, 15) is 9.59 Å². The van der Waals surface area contributed by atoms with Crippen LogP contribution < -0.4 is 9.47 Å². The van der Waals surface area contributed by atoms with Gasteiger partial charge >= 0.3 is 11.9 Å². The standard InChI is InChI=1S/C50H30N4O4/c1-23(55)57-49-45-41-25-11-3-5-13-27(25)43(31-21-39-37(19-29(31)41)51-33-15-7-9-17-35(33)53-39)47(45)50(58-24(2)56)48-44-28-14-6-4-12-26(28)42(46(48)49)30-20-38-40(22-32(30)44)54-36-18-10-8-16-34(36)52-38/h3-22,41-44H,1-2H3/t41-,42+,43+,44-. The van der Waals surface area contributed by atoms with Gasteiger partial charge in [0, 0.05) is 59.8 Å². The number of para-hydroxylation sites is 4. The molecule has 7 aromatic carbocycles. The zero-order valence-electron chi connectivity index (χ0n) is 31.3. The average molecular weight is 751 g/mol. The van der Waals surface area contributed by atoms with Gasteiger partial charge in [-0.25, -0.2) is 19.9 Å². The second-order valence-electron chi connectivity index (χ2n) is 15.9. The highest BCUT2D eigenvalue weighted by molar-refractivity contribution is 5.93. The van der Waals surface area contributed by atoms with Gasteiger partial charge < -0.3 is 9.47 Å². The number of benzene rings is 7. The van der Waals surface area contributed by atoms with Crippen molar-refractivity contribution in [2.75, 3.05) is 0 Å². The summed E-state index contributed by atoms with van der Waals surface area (Å²) in [4.78, 5) is 47.3. The van der Waals surface area contributed by atoms with Crippen LogP contribution in [-0.4, -0.2) is 31.9 Å². The summed E-state index contributed by atoms with van der Waals surface area (Å²) in [5.41, 5.74) is 18.7. The Balaban J connectivity index is 1.17. The normalized spacial score (nSPS) is 18.7. The third-order valence-corrected chi connectivity index (χ3v) is 12.8. The van der Waals surface area contributed by atoms with E-state index >= 15 is 0 Å². The molecule has 0 spiro atoms. The molecule has 15 rings (SSSR count). The van der Waals surface area contributed by atoms with Gasteiger partial charge in [0.15, 0.2) is 0 Å². The lowest BCUT2D eigenvalue weighted by atomic mass is 9.55. The molecule has 274 valence electrons. The minimum absolute atomic E-state index is 0.346. The Morgan fingerprint density at radius 1 is 0.362 bits per heavy atom. The molecular formula is C50H30N4O4. The maximum Gasteiger partial charge on any atom is 0.308 e. The first-order valence-corrected chi connectivity index (χ1v) is 19.6. The molecule has 0 aliphatic heterocycles. The van der Waals surface area contributed by atoms with Crippen molar-refractivity contribution in [2.24, 2.45) is 0 Å². The van der Waals surface area contributed by atoms with E-state index in [1.54, 1.807) is 0 Å². The SMILES string of the molecule is CC(=O)Oc1c2c(c(OC(C)=O)c3c1[C@H]1c4ccccc4[C@@H]3c3cc4nc5ccccc5nc4cc31)[C@H]1c3ccccc3[C@@H]2c2cc3nc4ccccc4nc3cc21. The largest absolute Gasteiger partial charge is 0.426 e. The van der Waals surface area contributed by atoms with Crippen LogP contribution in [0.4, 0.5) is 0 Å². The van der Waals surface area contributed by atoms with Crippen molar-refractivity contribution in [3.8, 4) is 11.5 Å². The number of carbonyl (C=O) groups excluding carboxylic acids is 2. The highest BCUT2D eigenvalue weighted by Gasteiger charge is 2.53. The van der Waals surface area contributed by atoms with Crippen molar-refractivity contribution in [3.05, 3.63) is 188 Å². The molecule has 0 saturated carbocycles. The van der Waals surface area contributed by atoms with E-state index in [1.807, 2.05) is 48.5 Å². The summed E-state index contributed by atoms with van der Waals surface area (Å²) in [6.07, 6.45) is 0. The van der Waals surface area contributed by atoms with Gasteiger partial charge in [-0.15, -0.1) is 0 Å². The van der Waals surface area contributed by atoms with Crippen LogP contribution in [0.5, 0.6) is 11.5 Å². The molecule has 2 aromatic heterocycles. The lowest BCUT2D eigenvalue weighted by Crippen LogP contribution is -2.34. The average Bonchev–Trinajstić information content (AvgIpc) is 3.23. The summed E-state index contributed by atoms with van der Waals surface area (Å²) in [6.45, 7) is 2.93. The monoisotopic (exact) mass is 750 g/mol. The molecule has 0 fully saturated rings. The molecule has 8 nitrogen and oxygen atoms in total. The Labute approximate surface area is 331 Å². The van der Waals surface area contributed by atoms with Gasteiger partial charge in [-0.2, -0.15) is 0 Å². The quantitative estimate of drug-likeness (QED) is 0.0978. The van der Waals surface area contributed by atoms with E-state index in [4.69, 9.17) is 29.4 Å². The maximum atomic E-state index is 13.5. The number of nitrogens with zero attached hydrogens (tertiary/aromatic N) is 4. The van der Waals surface area contributed by atoms with Crippen LogP contribution in [0.15, 0.2) is 121 Å². The molecule has 0 amide bonds. The fraction of sp³-hybridized carbons (Fsp3) is 0.120. The second-order valence-corrected chi connectivity index (χ2v) is 15.9. The number of esters is 2. The Bertz CT molecular complexity index is 2980. The summed E-state index contributed by atoms with van der Waals surface area (Å²) in [7, 11) is 0. The Hall–Kier alpha value is -7.32. The molecule has 8 heteroatoms. The summed E-state index contributed by atoms with van der Waals surface area (Å²) < 4.78 is 13.2. The lowest BCUT2D eigenvalue weighted by Gasteiger charge is -2.48. The highest BCUT2D eigenvalue weighted by atomic mass is 16.5. The number of aromatic nitrogens is 4. The maximum absolute atomic E-state index is 13.5. The van der Waals surface area contributed by atoms with E-state index < -0.39 is 11.9 Å². The van der Waals surface area contributed by atoms with Crippen LogP contribution in [0, 0.1) is 0 Å². The number of carbonyl (C=O) groups is 2. The Morgan fingerprint density at radius 3 is 0.845 bits per heavy atom. The fourth-order valence-electron chi connectivity index (χ4n) is 10.8. The van der Waals surface area contributed by atoms with Crippen LogP contribution >= 0.6 is 0 Å². The summed E-state index contributed by atoms with van der Waals surface area (Å²) in [5, 5.41) is 0. The van der Waals surface area contributed by atoms with Crippen LogP contribution in [0.2, 0.25) is 0 Å². The van der Waals surface area contributed by atoms with Crippen LogP contribution in [-0.2, 0) is 9.59 Å². The van der Waals surface area contributed by atoms with Crippen molar-refractivity contribution in [2.45, 2.75) is 37.5 Å². The third-order valence-electron chi connectivity index (χ3n) is 12.8. The topological polar surface area (TPSA) is 104 Å². The first-order valence-electron chi connectivity index (χ1n) is 19.6. The number of rotatable bonds is 2. The molecule has 0 unspecified atom stereocenters. The first kappa shape index (κ1) is 31.8. The molecule has 0 radical (unpaired) electrons. The predicted octanol–water partition coefficient (Wildman–Crippen LogP) is 9.70. The van der Waals surface area contributed by atoms with Crippen molar-refractivity contribution in [3.63, 3.8) is 0 Å². The molecule has 4 bridgehead atoms. The van der Waals surface area contributed by atoms with E-state index in [0.717, 1.165) is 111 Å². The van der Waals surface area contributed by atoms with E-state index in [2.05, 4.69) is 72.8 Å². The minimum Gasteiger partial charge on any atom is -0.426 e. The molecule has 4 atom stereocenters. The fourth-order valence-corrected chi connectivity index (χ4v) is 10.8. The van der Waals surface area contributed by atoms with Crippen molar-refractivity contribution < 1.29 is 19.1 Å². The van der Waals surface area contributed by atoms with Gasteiger partial charge in [-0.3, -0.25) is 9.59 Å². The molecule has 0 N–H and O–H groups in total. The smallest absolute Gasteiger partial charge is 0.308 e. The van der Waals surface area contributed by atoms with Crippen LogP contribution in [0.25, 0.3) is 44.1 Å². The molecule has 58 heavy (non-hydrogen) atoms. The summed E-state index contributed by atoms with van der Waals surface area (Å²) in [6, 6.07) is 41.4. The molecule has 2 heterocycles. The highest BCUT2D eigenvalue weighted by Crippen LogP contribution is 2.68. The van der Waals surface area contributed by atoms with Crippen molar-refractivity contribution in [1.82, 2.24) is 19.9 Å².